The molecule has 3 aromatic rings. The first kappa shape index (κ1) is 29.1. The second-order valence-electron chi connectivity index (χ2n) is 6.13. The summed E-state index contributed by atoms with van der Waals surface area (Å²) in [4.78, 5) is 26.6. The summed E-state index contributed by atoms with van der Waals surface area (Å²) in [5.41, 5.74) is 2.12. The van der Waals surface area contributed by atoms with Crippen LogP contribution < -0.4 is 21.3 Å². The average molecular weight is 581 g/mol. The first-order chi connectivity index (χ1) is 17.4. The predicted molar refractivity (Wildman–Crippen MR) is 154 cm³/mol. The van der Waals surface area contributed by atoms with E-state index in [0.717, 1.165) is 14.9 Å². The zero-order valence-corrected chi connectivity index (χ0v) is 23.0. The molecule has 0 aliphatic carbocycles. The van der Waals surface area contributed by atoms with Gasteiger partial charge in [0.1, 0.15) is 5.40 Å². The first-order valence-electron chi connectivity index (χ1n) is 9.76. The maximum atomic E-state index is 11.1. The molecule has 0 saturated heterocycles. The highest BCUT2D eigenvalue weighted by Gasteiger charge is 2.09. The van der Waals surface area contributed by atoms with Crippen molar-refractivity contribution < 1.29 is 19.1 Å². The molecule has 0 aliphatic rings. The number of anilines is 2. The van der Waals surface area contributed by atoms with Gasteiger partial charge in [0.2, 0.25) is 0 Å². The quantitative estimate of drug-likeness (QED) is 0.102. The molecule has 1 heterocycles. The summed E-state index contributed by atoms with van der Waals surface area (Å²) in [6.07, 6.45) is -1.38. The van der Waals surface area contributed by atoms with Gasteiger partial charge in [-0.1, -0.05) is 36.0 Å². The van der Waals surface area contributed by atoms with Crippen LogP contribution in [0.5, 0.6) is 0 Å². The van der Waals surface area contributed by atoms with Gasteiger partial charge in [0, 0.05) is 0 Å². The monoisotopic (exact) mass is 580 g/mol. The normalized spacial score (nSPS) is 9.58. The Bertz CT molecular complexity index is 1180. The molecule has 0 bridgehead atoms. The number of thiazole rings is 1. The largest absolute Gasteiger partial charge is 0.453 e. The van der Waals surface area contributed by atoms with Crippen molar-refractivity contribution in [2.45, 2.75) is 4.34 Å². The fourth-order valence-electron chi connectivity index (χ4n) is 2.31. The SMILES string of the molecule is COC(=O)NC(=S)Nc1ccccc1NC(=S)NC(=O)OC.N#CSCSc1nc2ccccc2s1. The molecule has 15 heteroatoms. The molecular formula is C21H20N6O4S5. The number of carbonyl (C=O) groups is 2. The Labute approximate surface area is 230 Å². The summed E-state index contributed by atoms with van der Waals surface area (Å²) in [5.74, 6) is 0. The number of nitrogens with zero attached hydrogens (tertiary/aromatic N) is 2. The Kier molecular flexibility index (Phi) is 12.7. The molecule has 36 heavy (non-hydrogen) atoms. The number of aromatic nitrogens is 1. The molecule has 3 rings (SSSR count). The van der Waals surface area contributed by atoms with Gasteiger partial charge in [-0.3, -0.25) is 10.6 Å². The Morgan fingerprint density at radius 1 is 0.972 bits per heavy atom. The smallest absolute Gasteiger partial charge is 0.413 e. The molecule has 0 radical (unpaired) electrons. The number of methoxy groups -OCH3 is 2. The Morgan fingerprint density at radius 3 is 2.00 bits per heavy atom. The van der Waals surface area contributed by atoms with E-state index in [4.69, 9.17) is 29.7 Å². The Morgan fingerprint density at radius 2 is 1.50 bits per heavy atom. The molecule has 0 saturated carbocycles. The summed E-state index contributed by atoms with van der Waals surface area (Å²) in [5, 5.41) is 21.5. The number of rotatable bonds is 5. The summed E-state index contributed by atoms with van der Waals surface area (Å²) in [6, 6.07) is 15.0. The number of carbonyl (C=O) groups excluding carboxylic acids is 2. The molecule has 188 valence electrons. The van der Waals surface area contributed by atoms with Crippen LogP contribution in [-0.4, -0.2) is 46.7 Å². The van der Waals surface area contributed by atoms with Crippen LogP contribution in [0.3, 0.4) is 0 Å². The Hall–Kier alpha value is -3.16. The number of hydrogen-bond donors (Lipinski definition) is 4. The minimum Gasteiger partial charge on any atom is -0.453 e. The molecule has 0 aliphatic heterocycles. The van der Waals surface area contributed by atoms with E-state index in [-0.39, 0.29) is 10.2 Å². The lowest BCUT2D eigenvalue weighted by Gasteiger charge is -2.15. The van der Waals surface area contributed by atoms with Crippen molar-refractivity contribution in [3.8, 4) is 5.40 Å². The van der Waals surface area contributed by atoms with Crippen molar-refractivity contribution >= 4 is 103 Å². The van der Waals surface area contributed by atoms with Gasteiger partial charge in [-0.2, -0.15) is 5.26 Å². The summed E-state index contributed by atoms with van der Waals surface area (Å²) in [7, 11) is 2.45. The molecule has 1 aromatic heterocycles. The topological polar surface area (TPSA) is 137 Å². The van der Waals surface area contributed by atoms with Gasteiger partial charge in [-0.15, -0.1) is 11.3 Å². The number of amides is 2. The minimum atomic E-state index is -0.689. The predicted octanol–water partition coefficient (Wildman–Crippen LogP) is 5.35. The highest BCUT2D eigenvalue weighted by molar-refractivity contribution is 8.18. The van der Waals surface area contributed by atoms with Crippen LogP contribution in [0.2, 0.25) is 0 Å². The first-order valence-corrected chi connectivity index (χ1v) is 13.4. The van der Waals surface area contributed by atoms with Crippen LogP contribution in [0, 0.1) is 10.7 Å². The number of alkyl carbamates (subject to hydrolysis) is 2. The third kappa shape index (κ3) is 10.2. The van der Waals surface area contributed by atoms with E-state index in [9.17, 15) is 9.59 Å². The van der Waals surface area contributed by atoms with Gasteiger partial charge < -0.3 is 20.1 Å². The van der Waals surface area contributed by atoms with E-state index in [1.54, 1.807) is 47.4 Å². The van der Waals surface area contributed by atoms with Crippen molar-refractivity contribution in [3.05, 3.63) is 48.5 Å². The molecule has 2 amide bonds. The molecule has 10 nitrogen and oxygen atoms in total. The maximum absolute atomic E-state index is 11.1. The molecule has 0 fully saturated rings. The van der Waals surface area contributed by atoms with Crippen molar-refractivity contribution in [1.29, 1.82) is 5.26 Å². The summed E-state index contributed by atoms with van der Waals surface area (Å²) >= 11 is 14.5. The Balaban J connectivity index is 0.000000278. The minimum absolute atomic E-state index is 0.0490. The molecule has 4 N–H and O–H groups in total. The second-order valence-corrected chi connectivity index (χ2v) is 10.3. The second kappa shape index (κ2) is 15.8. The number of para-hydroxylation sites is 3. The van der Waals surface area contributed by atoms with Crippen LogP contribution >= 0.6 is 59.3 Å². The van der Waals surface area contributed by atoms with Crippen LogP contribution in [-0.2, 0) is 9.47 Å². The van der Waals surface area contributed by atoms with Gasteiger partial charge in [0.15, 0.2) is 14.6 Å². The number of thioether (sulfide) groups is 2. The number of nitriles is 1. The van der Waals surface area contributed by atoms with Crippen molar-refractivity contribution in [2.75, 3.05) is 29.9 Å². The van der Waals surface area contributed by atoms with Crippen LogP contribution in [0.15, 0.2) is 52.9 Å². The number of fused-ring (bicyclic) bond motifs is 1. The van der Waals surface area contributed by atoms with E-state index in [0.29, 0.717) is 11.4 Å². The molecular weight excluding hydrogens is 561 g/mol. The van der Waals surface area contributed by atoms with Crippen molar-refractivity contribution in [3.63, 3.8) is 0 Å². The van der Waals surface area contributed by atoms with Crippen LogP contribution in [0.25, 0.3) is 10.2 Å². The molecule has 0 unspecified atom stereocenters. The van der Waals surface area contributed by atoms with Crippen molar-refractivity contribution in [2.24, 2.45) is 0 Å². The van der Waals surface area contributed by atoms with Gasteiger partial charge in [0.05, 0.1) is 40.9 Å². The number of thiocarbonyl (C=S) groups is 2. The lowest BCUT2D eigenvalue weighted by molar-refractivity contribution is 0.176. The van der Waals surface area contributed by atoms with E-state index in [1.165, 1.54) is 30.7 Å². The van der Waals surface area contributed by atoms with Gasteiger partial charge in [-0.05, 0) is 60.5 Å². The standard InChI is InChI=1S/C12H14N4O4S2.C9H6N2S3/c1-19-11(17)15-9(21)13-7-5-3-4-6-8(7)14-10(22)16-12(18)20-2;10-5-12-6-13-9-11-7-3-1-2-4-8(7)14-9/h3-6H,1-2H3,(H2,13,15,17,21)(H2,14,16,18,22);1-4H,6H2. The summed E-state index contributed by atoms with van der Waals surface area (Å²) in [6.45, 7) is 0. The highest BCUT2D eigenvalue weighted by atomic mass is 32.2. The van der Waals surface area contributed by atoms with Crippen LogP contribution in [0.4, 0.5) is 21.0 Å². The fraction of sp³-hybridized carbons (Fsp3) is 0.143. The number of ether oxygens (including phenoxy) is 2. The summed E-state index contributed by atoms with van der Waals surface area (Å²) < 4.78 is 11.1. The van der Waals surface area contributed by atoms with E-state index in [1.807, 2.05) is 23.6 Å². The number of benzene rings is 2. The third-order valence-electron chi connectivity index (χ3n) is 3.81. The van der Waals surface area contributed by atoms with E-state index in [2.05, 4.69) is 41.8 Å². The fourth-order valence-corrected chi connectivity index (χ4v) is 5.35. The number of thiocyanates is 1. The van der Waals surface area contributed by atoms with Crippen molar-refractivity contribution in [1.82, 2.24) is 15.6 Å². The van der Waals surface area contributed by atoms with Gasteiger partial charge >= 0.3 is 12.2 Å². The molecule has 2 aromatic carbocycles. The van der Waals surface area contributed by atoms with E-state index >= 15 is 0 Å². The number of nitrogens with one attached hydrogen (secondary N) is 4. The van der Waals surface area contributed by atoms with Crippen LogP contribution in [0.1, 0.15) is 0 Å². The van der Waals surface area contributed by atoms with Gasteiger partial charge in [-0.25, -0.2) is 14.6 Å². The molecule has 0 spiro atoms. The maximum Gasteiger partial charge on any atom is 0.413 e. The zero-order valence-electron chi connectivity index (χ0n) is 18.9. The van der Waals surface area contributed by atoms with Gasteiger partial charge in [0.25, 0.3) is 0 Å². The lowest BCUT2D eigenvalue weighted by atomic mass is 10.2. The molecule has 0 atom stereocenters. The highest BCUT2D eigenvalue weighted by Crippen LogP contribution is 2.30. The van der Waals surface area contributed by atoms with E-state index < -0.39 is 12.2 Å². The third-order valence-corrected chi connectivity index (χ3v) is 7.06. The lowest BCUT2D eigenvalue weighted by Crippen LogP contribution is -2.35. The number of hydrogen-bond acceptors (Lipinski definition) is 11. The zero-order chi connectivity index (χ0) is 26.3. The average Bonchev–Trinajstić information content (AvgIpc) is 3.28.